The molecule has 0 rings (SSSR count). The predicted octanol–water partition coefficient (Wildman–Crippen LogP) is 2.23. The molecule has 0 fully saturated rings. The Bertz CT molecular complexity index is 93.5. The van der Waals surface area contributed by atoms with E-state index < -0.39 is 0 Å². The summed E-state index contributed by atoms with van der Waals surface area (Å²) >= 11 is 0. The van der Waals surface area contributed by atoms with E-state index >= 15 is 0 Å². The molecule has 0 aliphatic heterocycles. The normalized spacial score (nSPS) is 11.8. The Kier molecular flexibility index (Phi) is 18.8. The van der Waals surface area contributed by atoms with Crippen molar-refractivity contribution >= 4 is 0 Å². The van der Waals surface area contributed by atoms with Gasteiger partial charge < -0.3 is 17.2 Å². The first kappa shape index (κ1) is 20.3. The van der Waals surface area contributed by atoms with E-state index in [0.717, 1.165) is 25.8 Å². The van der Waals surface area contributed by atoms with E-state index in [0.29, 0.717) is 6.04 Å². The van der Waals surface area contributed by atoms with Gasteiger partial charge in [-0.15, -0.1) is 0 Å². The second-order valence-electron chi connectivity index (χ2n) is 4.52. The molecule has 3 heteroatoms. The van der Waals surface area contributed by atoms with Crippen LogP contribution < -0.4 is 17.2 Å². The van der Waals surface area contributed by atoms with E-state index in [4.69, 9.17) is 17.2 Å². The average molecular weight is 219 g/mol. The third-order valence-electron chi connectivity index (χ3n) is 1.84. The van der Waals surface area contributed by atoms with Gasteiger partial charge in [0.1, 0.15) is 0 Å². The first-order chi connectivity index (χ1) is 6.74. The van der Waals surface area contributed by atoms with Gasteiger partial charge in [0.25, 0.3) is 0 Å². The average Bonchev–Trinajstić information content (AvgIpc) is 2.18. The van der Waals surface area contributed by atoms with Crippen LogP contribution in [0, 0.1) is 0 Å². The second kappa shape index (κ2) is 13.9. The van der Waals surface area contributed by atoms with E-state index in [9.17, 15) is 0 Å². The Hall–Kier alpha value is -0.120. The molecule has 96 valence electrons. The molecule has 6 N–H and O–H groups in total. The minimum absolute atomic E-state index is 0.0417. The fraction of sp³-hybridized carbons (Fsp3) is 1.00. The largest absolute Gasteiger partial charge is 0.330 e. The van der Waals surface area contributed by atoms with Crippen LogP contribution in [-0.2, 0) is 0 Å². The Morgan fingerprint density at radius 3 is 1.33 bits per heavy atom. The van der Waals surface area contributed by atoms with Gasteiger partial charge in [-0.2, -0.15) is 0 Å². The molecular formula is C12H33N3. The highest BCUT2D eigenvalue weighted by Gasteiger charge is 2.03. The Labute approximate surface area is 96.8 Å². The van der Waals surface area contributed by atoms with E-state index in [1.807, 2.05) is 20.8 Å². The fourth-order valence-electron chi connectivity index (χ4n) is 0. The fourth-order valence-corrected chi connectivity index (χ4v) is 0. The Balaban J connectivity index is -0.000000147. The lowest BCUT2D eigenvalue weighted by Crippen LogP contribution is -2.30. The zero-order valence-corrected chi connectivity index (χ0v) is 11.6. The highest BCUT2D eigenvalue weighted by Crippen LogP contribution is 1.99. The maximum atomic E-state index is 5.53. The van der Waals surface area contributed by atoms with Crippen LogP contribution in [0.3, 0.4) is 0 Å². The number of hydrogen-bond donors (Lipinski definition) is 3. The lowest BCUT2D eigenvalue weighted by molar-refractivity contribution is 0.501. The highest BCUT2D eigenvalue weighted by atomic mass is 14.7. The molecule has 0 aromatic rings. The second-order valence-corrected chi connectivity index (χ2v) is 4.52. The van der Waals surface area contributed by atoms with Crippen LogP contribution in [0.2, 0.25) is 0 Å². The lowest BCUT2D eigenvalue weighted by atomic mass is 10.1. The summed E-state index contributed by atoms with van der Waals surface area (Å²) < 4.78 is 0. The SMILES string of the molecule is CCC(C)(C)N.CCC(C)N.CCCN. The number of nitrogens with two attached hydrogens (primary N) is 3. The zero-order valence-electron chi connectivity index (χ0n) is 11.6. The Morgan fingerprint density at radius 1 is 1.13 bits per heavy atom. The van der Waals surface area contributed by atoms with Crippen molar-refractivity contribution in [2.45, 2.75) is 72.4 Å². The minimum Gasteiger partial charge on any atom is -0.330 e. The van der Waals surface area contributed by atoms with Crippen molar-refractivity contribution in [3.05, 3.63) is 0 Å². The van der Waals surface area contributed by atoms with Crippen LogP contribution in [0.25, 0.3) is 0 Å². The topological polar surface area (TPSA) is 78.1 Å². The molecule has 1 atom stereocenters. The van der Waals surface area contributed by atoms with Gasteiger partial charge in [0.15, 0.2) is 0 Å². The van der Waals surface area contributed by atoms with Crippen molar-refractivity contribution in [1.29, 1.82) is 0 Å². The van der Waals surface area contributed by atoms with Crippen LogP contribution >= 0.6 is 0 Å². The standard InChI is InChI=1S/C5H13N.C4H11N.C3H9N/c1-4-5(2,3)6;1-3-4(2)5;1-2-3-4/h4,6H2,1-3H3;4H,3,5H2,1-2H3;2-4H2,1H3. The van der Waals surface area contributed by atoms with Crippen molar-refractivity contribution in [2.24, 2.45) is 17.2 Å². The molecule has 15 heavy (non-hydrogen) atoms. The van der Waals surface area contributed by atoms with E-state index in [2.05, 4.69) is 20.8 Å². The molecule has 0 amide bonds. The van der Waals surface area contributed by atoms with Gasteiger partial charge in [0.05, 0.1) is 0 Å². The van der Waals surface area contributed by atoms with E-state index in [-0.39, 0.29) is 5.54 Å². The summed E-state index contributed by atoms with van der Waals surface area (Å²) in [5, 5.41) is 0. The zero-order chi connectivity index (χ0) is 12.9. The first-order valence-electron chi connectivity index (χ1n) is 5.99. The Morgan fingerprint density at radius 2 is 1.33 bits per heavy atom. The van der Waals surface area contributed by atoms with Crippen molar-refractivity contribution < 1.29 is 0 Å². The highest BCUT2D eigenvalue weighted by molar-refractivity contribution is 4.66. The van der Waals surface area contributed by atoms with Crippen LogP contribution in [-0.4, -0.2) is 18.1 Å². The van der Waals surface area contributed by atoms with Crippen LogP contribution in [0.4, 0.5) is 0 Å². The molecule has 1 unspecified atom stereocenters. The number of rotatable bonds is 3. The predicted molar refractivity (Wildman–Crippen MR) is 71.8 cm³/mol. The van der Waals surface area contributed by atoms with Crippen molar-refractivity contribution in [2.75, 3.05) is 6.54 Å². The van der Waals surface area contributed by atoms with Crippen molar-refractivity contribution in [1.82, 2.24) is 0 Å². The molecule has 0 heterocycles. The van der Waals surface area contributed by atoms with Gasteiger partial charge in [-0.25, -0.2) is 0 Å². The molecular weight excluding hydrogens is 186 g/mol. The summed E-state index contributed by atoms with van der Waals surface area (Å²) in [4.78, 5) is 0. The molecule has 3 nitrogen and oxygen atoms in total. The van der Waals surface area contributed by atoms with Gasteiger partial charge in [-0.05, 0) is 46.6 Å². The minimum atomic E-state index is 0.0417. The smallest absolute Gasteiger partial charge is 0.00944 e. The summed E-state index contributed by atoms with van der Waals surface area (Å²) in [5.41, 5.74) is 15.9. The molecule has 0 saturated carbocycles. The van der Waals surface area contributed by atoms with Crippen molar-refractivity contribution in [3.8, 4) is 0 Å². The van der Waals surface area contributed by atoms with E-state index in [1.165, 1.54) is 0 Å². The molecule has 0 spiro atoms. The van der Waals surface area contributed by atoms with Gasteiger partial charge in [-0.3, -0.25) is 0 Å². The summed E-state index contributed by atoms with van der Waals surface area (Å²) in [5.74, 6) is 0. The summed E-state index contributed by atoms with van der Waals surface area (Å²) in [6.45, 7) is 13.1. The van der Waals surface area contributed by atoms with E-state index in [1.54, 1.807) is 0 Å². The summed E-state index contributed by atoms with van der Waals surface area (Å²) in [6.07, 6.45) is 3.23. The molecule has 0 radical (unpaired) electrons. The molecule has 0 aliphatic rings. The number of hydrogen-bond acceptors (Lipinski definition) is 3. The van der Waals surface area contributed by atoms with Crippen LogP contribution in [0.5, 0.6) is 0 Å². The van der Waals surface area contributed by atoms with Crippen molar-refractivity contribution in [3.63, 3.8) is 0 Å². The first-order valence-corrected chi connectivity index (χ1v) is 5.99. The van der Waals surface area contributed by atoms with Gasteiger partial charge in [0, 0.05) is 11.6 Å². The maximum absolute atomic E-state index is 5.53. The maximum Gasteiger partial charge on any atom is 0.00944 e. The molecule has 0 aromatic carbocycles. The third-order valence-corrected chi connectivity index (χ3v) is 1.84. The summed E-state index contributed by atoms with van der Waals surface area (Å²) in [7, 11) is 0. The van der Waals surface area contributed by atoms with Gasteiger partial charge in [-0.1, -0.05) is 20.8 Å². The monoisotopic (exact) mass is 219 g/mol. The van der Waals surface area contributed by atoms with Crippen LogP contribution in [0.15, 0.2) is 0 Å². The molecule has 0 aliphatic carbocycles. The van der Waals surface area contributed by atoms with Gasteiger partial charge >= 0.3 is 0 Å². The van der Waals surface area contributed by atoms with Gasteiger partial charge in [0.2, 0.25) is 0 Å². The summed E-state index contributed by atoms with van der Waals surface area (Å²) in [6, 6.07) is 0.384. The lowest BCUT2D eigenvalue weighted by Gasteiger charge is -2.13. The van der Waals surface area contributed by atoms with Crippen LogP contribution in [0.1, 0.15) is 60.8 Å². The quantitative estimate of drug-likeness (QED) is 0.681. The molecule has 0 aromatic heterocycles. The molecule has 0 saturated heterocycles. The molecule has 0 bridgehead atoms. The third kappa shape index (κ3) is 56.7.